The summed E-state index contributed by atoms with van der Waals surface area (Å²) in [7, 11) is -3.55. The van der Waals surface area contributed by atoms with Crippen LogP contribution in [0.3, 0.4) is 0 Å². The van der Waals surface area contributed by atoms with E-state index in [1.54, 1.807) is 6.07 Å². The van der Waals surface area contributed by atoms with Gasteiger partial charge in [-0.3, -0.25) is 0 Å². The summed E-state index contributed by atoms with van der Waals surface area (Å²) in [6, 6.07) is 4.47. The van der Waals surface area contributed by atoms with Crippen LogP contribution in [-0.4, -0.2) is 39.9 Å². The number of aliphatic hydroxyl groups excluding tert-OH is 1. The van der Waals surface area contributed by atoms with E-state index in [0.717, 1.165) is 0 Å². The zero-order valence-electron chi connectivity index (χ0n) is 10.3. The van der Waals surface area contributed by atoms with Gasteiger partial charge in [-0.25, -0.2) is 13.1 Å². The summed E-state index contributed by atoms with van der Waals surface area (Å²) < 4.78 is 32.0. The van der Waals surface area contributed by atoms with Gasteiger partial charge in [0.25, 0.3) is 0 Å². The van der Waals surface area contributed by atoms with E-state index in [2.05, 4.69) is 20.7 Å². The lowest BCUT2D eigenvalue weighted by Gasteiger charge is -2.08. The van der Waals surface area contributed by atoms with Crippen LogP contribution in [0.5, 0.6) is 0 Å². The maximum Gasteiger partial charge on any atom is 0.240 e. The molecule has 0 radical (unpaired) electrons. The van der Waals surface area contributed by atoms with Crippen LogP contribution in [0.4, 0.5) is 5.69 Å². The average Bonchev–Trinajstić information content (AvgIpc) is 2.36. The summed E-state index contributed by atoms with van der Waals surface area (Å²) in [6.45, 7) is 0.884. The highest BCUT2D eigenvalue weighted by molar-refractivity contribution is 9.10. The number of rotatable bonds is 8. The van der Waals surface area contributed by atoms with E-state index in [1.807, 2.05) is 0 Å². The predicted octanol–water partition coefficient (Wildman–Crippen LogP) is 0.709. The van der Waals surface area contributed by atoms with Crippen molar-refractivity contribution in [1.82, 2.24) is 4.72 Å². The van der Waals surface area contributed by atoms with Crippen molar-refractivity contribution in [3.63, 3.8) is 0 Å². The molecule has 0 amide bonds. The molecule has 108 valence electrons. The maximum absolute atomic E-state index is 11.9. The lowest BCUT2D eigenvalue weighted by atomic mass is 10.3. The van der Waals surface area contributed by atoms with Crippen molar-refractivity contribution in [2.75, 3.05) is 32.1 Å². The smallest absolute Gasteiger partial charge is 0.240 e. The van der Waals surface area contributed by atoms with Crippen LogP contribution >= 0.6 is 15.9 Å². The normalized spacial score (nSPS) is 11.7. The molecule has 1 aromatic rings. The van der Waals surface area contributed by atoms with Gasteiger partial charge in [0.2, 0.25) is 10.0 Å². The molecule has 4 N–H and O–H groups in total. The lowest BCUT2D eigenvalue weighted by molar-refractivity contribution is 0.0913. The first-order valence-corrected chi connectivity index (χ1v) is 7.98. The molecule has 0 fully saturated rings. The Balaban J connectivity index is 2.49. The van der Waals surface area contributed by atoms with Gasteiger partial charge in [0, 0.05) is 23.3 Å². The molecular formula is C11H17BrN2O4S. The number of nitrogens with one attached hydrogen (secondary N) is 1. The first-order chi connectivity index (χ1) is 8.97. The van der Waals surface area contributed by atoms with E-state index < -0.39 is 10.0 Å². The number of hydrogen-bond donors (Lipinski definition) is 3. The fraction of sp³-hybridized carbons (Fsp3) is 0.455. The number of nitrogens with two attached hydrogens (primary N) is 1. The molecule has 0 unspecified atom stereocenters. The van der Waals surface area contributed by atoms with Gasteiger partial charge in [0.05, 0.1) is 18.1 Å². The van der Waals surface area contributed by atoms with Crippen molar-refractivity contribution in [3.05, 3.63) is 22.7 Å². The number of aliphatic hydroxyl groups is 1. The molecular weight excluding hydrogens is 336 g/mol. The minimum absolute atomic E-state index is 0.0378. The van der Waals surface area contributed by atoms with E-state index in [1.165, 1.54) is 12.1 Å². The highest BCUT2D eigenvalue weighted by atomic mass is 79.9. The summed E-state index contributed by atoms with van der Waals surface area (Å²) >= 11 is 3.21. The van der Waals surface area contributed by atoms with Crippen LogP contribution in [-0.2, 0) is 14.8 Å². The fourth-order valence-corrected chi connectivity index (χ4v) is 2.68. The second-order valence-corrected chi connectivity index (χ2v) is 6.39. The molecule has 0 aliphatic heterocycles. The first-order valence-electron chi connectivity index (χ1n) is 5.70. The average molecular weight is 353 g/mol. The van der Waals surface area contributed by atoms with Crippen molar-refractivity contribution in [2.24, 2.45) is 0 Å². The van der Waals surface area contributed by atoms with Crippen molar-refractivity contribution in [1.29, 1.82) is 0 Å². The SMILES string of the molecule is Nc1cc(S(=O)(=O)NCCCOCCO)ccc1Br. The van der Waals surface area contributed by atoms with Crippen LogP contribution in [0.15, 0.2) is 27.6 Å². The zero-order chi connectivity index (χ0) is 14.3. The molecule has 1 rings (SSSR count). The Morgan fingerprint density at radius 1 is 1.37 bits per heavy atom. The van der Waals surface area contributed by atoms with Gasteiger partial charge in [0.1, 0.15) is 0 Å². The molecule has 0 aliphatic rings. The first kappa shape index (κ1) is 16.4. The van der Waals surface area contributed by atoms with Crippen LogP contribution < -0.4 is 10.5 Å². The molecule has 0 saturated heterocycles. The van der Waals surface area contributed by atoms with Gasteiger partial charge in [0.15, 0.2) is 0 Å². The Morgan fingerprint density at radius 2 is 2.11 bits per heavy atom. The number of sulfonamides is 1. The molecule has 1 aromatic carbocycles. The summed E-state index contributed by atoms with van der Waals surface area (Å²) in [5.41, 5.74) is 6.01. The summed E-state index contributed by atoms with van der Waals surface area (Å²) in [4.78, 5) is 0.129. The van der Waals surface area contributed by atoms with Gasteiger partial charge in [-0.15, -0.1) is 0 Å². The molecule has 8 heteroatoms. The Kier molecular flexibility index (Phi) is 6.73. The minimum Gasteiger partial charge on any atom is -0.398 e. The summed E-state index contributed by atoms with van der Waals surface area (Å²) in [5, 5.41) is 8.50. The highest BCUT2D eigenvalue weighted by Gasteiger charge is 2.14. The van der Waals surface area contributed by atoms with E-state index in [9.17, 15) is 8.42 Å². The van der Waals surface area contributed by atoms with Crippen molar-refractivity contribution >= 4 is 31.6 Å². The number of halogens is 1. The lowest BCUT2D eigenvalue weighted by Crippen LogP contribution is -2.25. The van der Waals surface area contributed by atoms with E-state index >= 15 is 0 Å². The number of nitrogen functional groups attached to an aromatic ring is 1. The fourth-order valence-electron chi connectivity index (χ4n) is 1.32. The molecule has 0 heterocycles. The monoisotopic (exact) mass is 352 g/mol. The number of benzene rings is 1. The van der Waals surface area contributed by atoms with Crippen LogP contribution in [0.2, 0.25) is 0 Å². The third-order valence-corrected chi connectivity index (χ3v) is 4.45. The van der Waals surface area contributed by atoms with Gasteiger partial charge < -0.3 is 15.6 Å². The van der Waals surface area contributed by atoms with Gasteiger partial charge in [-0.1, -0.05) is 0 Å². The summed E-state index contributed by atoms with van der Waals surface area (Å²) in [6.07, 6.45) is 0.533. The summed E-state index contributed by atoms with van der Waals surface area (Å²) in [5.74, 6) is 0. The topological polar surface area (TPSA) is 102 Å². The highest BCUT2D eigenvalue weighted by Crippen LogP contribution is 2.22. The van der Waals surface area contributed by atoms with Crippen LogP contribution in [0, 0.1) is 0 Å². The molecule has 0 saturated carbocycles. The molecule has 0 spiro atoms. The predicted molar refractivity (Wildman–Crippen MR) is 76.3 cm³/mol. The zero-order valence-corrected chi connectivity index (χ0v) is 12.7. The molecule has 0 aliphatic carbocycles. The Labute approximate surface area is 121 Å². The van der Waals surface area contributed by atoms with E-state index in [4.69, 9.17) is 15.6 Å². The second-order valence-electron chi connectivity index (χ2n) is 3.77. The number of anilines is 1. The molecule has 0 bridgehead atoms. The Hall–Kier alpha value is -0.670. The van der Waals surface area contributed by atoms with Gasteiger partial charge in [-0.2, -0.15) is 0 Å². The molecule has 19 heavy (non-hydrogen) atoms. The van der Waals surface area contributed by atoms with Crippen molar-refractivity contribution in [2.45, 2.75) is 11.3 Å². The third-order valence-electron chi connectivity index (χ3n) is 2.27. The minimum atomic E-state index is -3.55. The van der Waals surface area contributed by atoms with Crippen molar-refractivity contribution < 1.29 is 18.3 Å². The number of hydrogen-bond acceptors (Lipinski definition) is 5. The van der Waals surface area contributed by atoms with Crippen LogP contribution in [0.25, 0.3) is 0 Å². The standard InChI is InChI=1S/C11H17BrN2O4S/c12-10-3-2-9(8-11(10)13)19(16,17)14-4-1-6-18-7-5-15/h2-3,8,14-15H,1,4-7,13H2. The largest absolute Gasteiger partial charge is 0.398 e. The van der Waals surface area contributed by atoms with E-state index in [-0.39, 0.29) is 24.7 Å². The van der Waals surface area contributed by atoms with Gasteiger partial charge in [-0.05, 0) is 40.5 Å². The van der Waals surface area contributed by atoms with Crippen molar-refractivity contribution in [3.8, 4) is 0 Å². The molecule has 0 aromatic heterocycles. The molecule has 0 atom stereocenters. The maximum atomic E-state index is 11.9. The van der Waals surface area contributed by atoms with Gasteiger partial charge >= 0.3 is 0 Å². The van der Waals surface area contributed by atoms with Crippen LogP contribution in [0.1, 0.15) is 6.42 Å². The molecule has 6 nitrogen and oxygen atoms in total. The Morgan fingerprint density at radius 3 is 2.74 bits per heavy atom. The quantitative estimate of drug-likeness (QED) is 0.472. The number of ether oxygens (including phenoxy) is 1. The van der Waals surface area contributed by atoms with E-state index in [0.29, 0.717) is 23.2 Å². The Bertz CT molecular complexity index is 507. The second kappa shape index (κ2) is 7.81. The third kappa shape index (κ3) is 5.45.